The monoisotopic (exact) mass is 484 g/mol. The van der Waals surface area contributed by atoms with E-state index in [-0.39, 0.29) is 5.57 Å². The zero-order valence-corrected chi connectivity index (χ0v) is 19.7. The van der Waals surface area contributed by atoms with Crippen molar-refractivity contribution < 1.29 is 19.4 Å². The summed E-state index contributed by atoms with van der Waals surface area (Å²) in [5, 5.41) is 18.9. The maximum Gasteiger partial charge on any atom is 0.346 e. The van der Waals surface area contributed by atoms with Crippen LogP contribution in [0.4, 0.5) is 16.4 Å². The van der Waals surface area contributed by atoms with Gasteiger partial charge in [0.05, 0.1) is 19.1 Å². The lowest BCUT2D eigenvalue weighted by molar-refractivity contribution is -0.132. The van der Waals surface area contributed by atoms with Crippen molar-refractivity contribution in [3.63, 3.8) is 0 Å². The van der Waals surface area contributed by atoms with E-state index in [9.17, 15) is 4.79 Å². The molecule has 35 heavy (non-hydrogen) atoms. The number of aliphatic carboxylic acids is 1. The van der Waals surface area contributed by atoms with Gasteiger partial charge in [-0.25, -0.2) is 14.8 Å². The number of anilines is 3. The van der Waals surface area contributed by atoms with Crippen LogP contribution in [0.25, 0.3) is 16.8 Å². The third-order valence-corrected chi connectivity index (χ3v) is 6.09. The molecule has 0 aliphatic heterocycles. The van der Waals surface area contributed by atoms with E-state index in [0.29, 0.717) is 11.4 Å². The zero-order chi connectivity index (χ0) is 24.8. The van der Waals surface area contributed by atoms with Crippen molar-refractivity contribution in [2.75, 3.05) is 19.1 Å². The molecule has 1 N–H and O–H groups in total. The summed E-state index contributed by atoms with van der Waals surface area (Å²) in [6.45, 7) is 0. The van der Waals surface area contributed by atoms with Crippen molar-refractivity contribution in [2.45, 2.75) is 0 Å². The van der Waals surface area contributed by atoms with Gasteiger partial charge in [0.25, 0.3) is 0 Å². The zero-order valence-electron chi connectivity index (χ0n) is 18.9. The highest BCUT2D eigenvalue weighted by atomic mass is 32.1. The molecule has 4 rings (SSSR count). The molecule has 0 saturated heterocycles. The molecule has 0 aliphatic rings. The Morgan fingerprint density at radius 3 is 1.94 bits per heavy atom. The van der Waals surface area contributed by atoms with Crippen LogP contribution in [0.15, 0.2) is 78.6 Å². The maximum atomic E-state index is 11.0. The summed E-state index contributed by atoms with van der Waals surface area (Å²) in [5.41, 5.74) is 1.95. The molecule has 0 radical (unpaired) electrons. The van der Waals surface area contributed by atoms with Crippen molar-refractivity contribution in [2.24, 2.45) is 0 Å². The first kappa shape index (κ1) is 23.5. The number of nitrogens with zero attached hydrogens (tertiary/aromatic N) is 4. The van der Waals surface area contributed by atoms with E-state index >= 15 is 0 Å². The van der Waals surface area contributed by atoms with Crippen molar-refractivity contribution >= 4 is 39.8 Å². The molecule has 2 aromatic heterocycles. The molecule has 2 aromatic carbocycles. The fourth-order valence-electron chi connectivity index (χ4n) is 3.28. The number of ether oxygens (including phenoxy) is 2. The molecule has 174 valence electrons. The van der Waals surface area contributed by atoms with Crippen LogP contribution in [0.2, 0.25) is 0 Å². The van der Waals surface area contributed by atoms with Crippen LogP contribution in [-0.4, -0.2) is 35.3 Å². The van der Waals surface area contributed by atoms with Gasteiger partial charge in [-0.3, -0.25) is 0 Å². The first-order valence-corrected chi connectivity index (χ1v) is 11.2. The Hall–Kier alpha value is -4.68. The Labute approximate surface area is 206 Å². The van der Waals surface area contributed by atoms with Crippen LogP contribution >= 0.6 is 11.3 Å². The number of nitriles is 1. The lowest BCUT2D eigenvalue weighted by atomic mass is 10.2. The standard InChI is InChI=1S/C26H20N4O4S/c1-33-21-7-3-19(4-8-21)30(20-5-9-22(34-2)10-6-20)24-12-11-23(35-24)25-28-15-17(16-29-25)13-18(14-27)26(31)32/h3-13,15-16H,1-2H3,(H,31,32)/b18-13-. The largest absolute Gasteiger partial charge is 0.497 e. The van der Waals surface area contributed by atoms with Crippen LogP contribution in [-0.2, 0) is 4.79 Å². The Bertz CT molecular complexity index is 1340. The Morgan fingerprint density at radius 2 is 1.49 bits per heavy atom. The number of aromatic nitrogens is 2. The highest BCUT2D eigenvalue weighted by Crippen LogP contribution is 2.41. The first-order chi connectivity index (χ1) is 17.0. The summed E-state index contributed by atoms with van der Waals surface area (Å²) in [4.78, 5) is 22.7. The van der Waals surface area contributed by atoms with E-state index in [0.717, 1.165) is 32.8 Å². The molecule has 9 heteroatoms. The van der Waals surface area contributed by atoms with Gasteiger partial charge in [-0.15, -0.1) is 11.3 Å². The van der Waals surface area contributed by atoms with Gasteiger partial charge >= 0.3 is 5.97 Å². The number of methoxy groups -OCH3 is 2. The smallest absolute Gasteiger partial charge is 0.346 e. The summed E-state index contributed by atoms with van der Waals surface area (Å²) in [7, 11) is 3.26. The fourth-order valence-corrected chi connectivity index (χ4v) is 4.28. The van der Waals surface area contributed by atoms with Crippen LogP contribution in [0.1, 0.15) is 5.56 Å². The first-order valence-electron chi connectivity index (χ1n) is 10.4. The molecule has 2 heterocycles. The van der Waals surface area contributed by atoms with Gasteiger partial charge in [-0.1, -0.05) is 0 Å². The van der Waals surface area contributed by atoms with Crippen LogP contribution < -0.4 is 14.4 Å². The number of carboxylic acids is 1. The minimum Gasteiger partial charge on any atom is -0.497 e. The van der Waals surface area contributed by atoms with E-state index in [1.807, 2.05) is 60.7 Å². The fraction of sp³-hybridized carbons (Fsp3) is 0.0769. The molecule has 0 spiro atoms. The molecule has 0 unspecified atom stereocenters. The molecule has 4 aromatic rings. The number of benzene rings is 2. The molecular formula is C26H20N4O4S. The highest BCUT2D eigenvalue weighted by molar-refractivity contribution is 7.19. The summed E-state index contributed by atoms with van der Waals surface area (Å²) in [6.07, 6.45) is 4.22. The summed E-state index contributed by atoms with van der Waals surface area (Å²) >= 11 is 1.51. The van der Waals surface area contributed by atoms with E-state index in [4.69, 9.17) is 19.8 Å². The quantitative estimate of drug-likeness (QED) is 0.251. The maximum absolute atomic E-state index is 11.0. The van der Waals surface area contributed by atoms with Crippen molar-refractivity contribution in [1.29, 1.82) is 5.26 Å². The van der Waals surface area contributed by atoms with Crippen LogP contribution in [0, 0.1) is 11.3 Å². The van der Waals surface area contributed by atoms with Crippen LogP contribution in [0.5, 0.6) is 11.5 Å². The molecule has 0 amide bonds. The summed E-state index contributed by atoms with van der Waals surface area (Å²) in [5.74, 6) is 0.730. The van der Waals surface area contributed by atoms with Gasteiger partial charge in [-0.2, -0.15) is 5.26 Å². The molecule has 0 aliphatic carbocycles. The van der Waals surface area contributed by atoms with Gasteiger partial charge < -0.3 is 19.5 Å². The lowest BCUT2D eigenvalue weighted by Crippen LogP contribution is -2.08. The second-order valence-corrected chi connectivity index (χ2v) is 8.25. The van der Waals surface area contributed by atoms with E-state index in [2.05, 4.69) is 14.9 Å². The summed E-state index contributed by atoms with van der Waals surface area (Å²) in [6, 6.07) is 21.1. The molecule has 0 bridgehead atoms. The average Bonchev–Trinajstić information content (AvgIpc) is 3.38. The third kappa shape index (κ3) is 5.29. The number of rotatable bonds is 8. The Balaban J connectivity index is 1.68. The number of thiophene rings is 1. The van der Waals surface area contributed by atoms with Gasteiger partial charge in [0.15, 0.2) is 5.82 Å². The van der Waals surface area contributed by atoms with E-state index in [1.165, 1.54) is 29.8 Å². The van der Waals surface area contributed by atoms with Crippen LogP contribution in [0.3, 0.4) is 0 Å². The Morgan fingerprint density at radius 1 is 0.943 bits per heavy atom. The number of hydrogen-bond acceptors (Lipinski definition) is 8. The van der Waals surface area contributed by atoms with Gasteiger partial charge in [0, 0.05) is 29.3 Å². The normalized spacial score (nSPS) is 10.9. The van der Waals surface area contributed by atoms with Crippen molar-refractivity contribution in [1.82, 2.24) is 9.97 Å². The topological polar surface area (TPSA) is 109 Å². The van der Waals surface area contributed by atoms with Gasteiger partial charge in [-0.05, 0) is 66.7 Å². The third-order valence-electron chi connectivity index (χ3n) is 5.03. The predicted octanol–water partition coefficient (Wildman–Crippen LogP) is 5.68. The Kier molecular flexibility index (Phi) is 7.04. The highest BCUT2D eigenvalue weighted by Gasteiger charge is 2.17. The molecule has 8 nitrogen and oxygen atoms in total. The van der Waals surface area contributed by atoms with Crippen molar-refractivity contribution in [3.05, 3.63) is 84.2 Å². The second-order valence-electron chi connectivity index (χ2n) is 7.18. The molecule has 0 fully saturated rings. The predicted molar refractivity (Wildman–Crippen MR) is 134 cm³/mol. The minimum atomic E-state index is -1.29. The van der Waals surface area contributed by atoms with E-state index < -0.39 is 5.97 Å². The summed E-state index contributed by atoms with van der Waals surface area (Å²) < 4.78 is 10.6. The van der Waals surface area contributed by atoms with Crippen molar-refractivity contribution in [3.8, 4) is 28.3 Å². The van der Waals surface area contributed by atoms with E-state index in [1.54, 1.807) is 20.3 Å². The average molecular weight is 485 g/mol. The SMILES string of the molecule is COc1ccc(N(c2ccc(OC)cc2)c2ccc(-c3ncc(/C=C(/C#N)C(=O)O)cn3)s2)cc1. The van der Waals surface area contributed by atoms with Gasteiger partial charge in [0.2, 0.25) is 0 Å². The number of hydrogen-bond donors (Lipinski definition) is 1. The number of carboxylic acid groups (broad SMARTS) is 1. The number of carbonyl (C=O) groups is 1. The molecule has 0 saturated carbocycles. The molecule has 0 atom stereocenters. The van der Waals surface area contributed by atoms with Gasteiger partial charge in [0.1, 0.15) is 28.1 Å². The molecular weight excluding hydrogens is 464 g/mol. The lowest BCUT2D eigenvalue weighted by Gasteiger charge is -2.24. The minimum absolute atomic E-state index is 0.380. The second kappa shape index (κ2) is 10.5.